The highest BCUT2D eigenvalue weighted by Crippen LogP contribution is 2.33. The number of hydrogen-bond acceptors (Lipinski definition) is 5. The van der Waals surface area contributed by atoms with Crippen LogP contribution in [-0.2, 0) is 4.74 Å². The Kier molecular flexibility index (Phi) is 2.62. The van der Waals surface area contributed by atoms with Crippen LogP contribution in [0.1, 0.15) is 27.7 Å². The zero-order valence-electron chi connectivity index (χ0n) is 10.3. The highest BCUT2D eigenvalue weighted by Gasteiger charge is 2.38. The Morgan fingerprint density at radius 2 is 1.88 bits per heavy atom. The molecular formula is C11H19N3OS. The molecule has 0 bridgehead atoms. The molecule has 1 aromatic heterocycles. The number of ether oxygens (including phenoxy) is 1. The van der Waals surface area contributed by atoms with E-state index in [0.29, 0.717) is 5.82 Å². The third-order valence-electron chi connectivity index (χ3n) is 2.52. The average molecular weight is 241 g/mol. The molecule has 2 heterocycles. The molecule has 0 radical (unpaired) electrons. The van der Waals surface area contributed by atoms with Crippen LogP contribution < -0.4 is 10.6 Å². The van der Waals surface area contributed by atoms with Crippen molar-refractivity contribution in [2.45, 2.75) is 38.9 Å². The summed E-state index contributed by atoms with van der Waals surface area (Å²) in [5.74, 6) is 0.599. The van der Waals surface area contributed by atoms with E-state index in [0.717, 1.165) is 18.1 Å². The van der Waals surface area contributed by atoms with Crippen molar-refractivity contribution in [1.29, 1.82) is 0 Å². The molecule has 90 valence electrons. The van der Waals surface area contributed by atoms with Crippen molar-refractivity contribution in [2.75, 3.05) is 23.7 Å². The van der Waals surface area contributed by atoms with Crippen molar-refractivity contribution in [2.24, 2.45) is 0 Å². The largest absolute Gasteiger partial charge is 0.383 e. The molecule has 1 aliphatic heterocycles. The van der Waals surface area contributed by atoms with E-state index in [1.54, 1.807) is 0 Å². The van der Waals surface area contributed by atoms with E-state index in [1.165, 1.54) is 11.5 Å². The van der Waals surface area contributed by atoms with Gasteiger partial charge in [-0.15, -0.1) is 0 Å². The molecule has 0 saturated carbocycles. The zero-order valence-corrected chi connectivity index (χ0v) is 11.1. The van der Waals surface area contributed by atoms with Crippen LogP contribution in [0.3, 0.4) is 0 Å². The number of morpholine rings is 1. The van der Waals surface area contributed by atoms with Crippen LogP contribution in [0.2, 0.25) is 0 Å². The van der Waals surface area contributed by atoms with E-state index >= 15 is 0 Å². The quantitative estimate of drug-likeness (QED) is 0.818. The lowest BCUT2D eigenvalue weighted by Crippen LogP contribution is -2.57. The Morgan fingerprint density at radius 3 is 2.31 bits per heavy atom. The first kappa shape index (κ1) is 11.7. The van der Waals surface area contributed by atoms with Crippen molar-refractivity contribution < 1.29 is 4.74 Å². The Morgan fingerprint density at radius 1 is 1.31 bits per heavy atom. The van der Waals surface area contributed by atoms with E-state index in [-0.39, 0.29) is 11.2 Å². The van der Waals surface area contributed by atoms with Crippen molar-refractivity contribution in [3.8, 4) is 0 Å². The van der Waals surface area contributed by atoms with E-state index < -0.39 is 0 Å². The lowest BCUT2D eigenvalue weighted by Gasteiger charge is -2.47. The number of nitrogen functional groups attached to an aromatic ring is 1. The van der Waals surface area contributed by atoms with Gasteiger partial charge in [-0.2, -0.15) is 4.37 Å². The molecule has 4 nitrogen and oxygen atoms in total. The monoisotopic (exact) mass is 241 g/mol. The van der Waals surface area contributed by atoms with Gasteiger partial charge in [-0.05, 0) is 39.2 Å². The molecular weight excluding hydrogens is 222 g/mol. The van der Waals surface area contributed by atoms with E-state index in [9.17, 15) is 0 Å². The van der Waals surface area contributed by atoms with E-state index in [1.807, 2.05) is 6.07 Å². The summed E-state index contributed by atoms with van der Waals surface area (Å²) in [6.07, 6.45) is 0. The second-order valence-electron chi connectivity index (χ2n) is 5.57. The summed E-state index contributed by atoms with van der Waals surface area (Å²) >= 11 is 1.45. The van der Waals surface area contributed by atoms with Gasteiger partial charge in [0, 0.05) is 19.2 Å². The first-order chi connectivity index (χ1) is 7.27. The molecule has 1 aliphatic rings. The smallest absolute Gasteiger partial charge is 0.139 e. The SMILES string of the molecule is CC1(C)CN(c2cc(N)ns2)CC(C)(C)O1. The minimum absolute atomic E-state index is 0.138. The number of anilines is 2. The molecule has 2 N–H and O–H groups in total. The Bertz CT molecular complexity index is 370. The minimum Gasteiger partial charge on any atom is -0.383 e. The second-order valence-corrected chi connectivity index (χ2v) is 6.35. The fourth-order valence-electron chi connectivity index (χ4n) is 2.37. The summed E-state index contributed by atoms with van der Waals surface area (Å²) in [6.45, 7) is 10.2. The molecule has 16 heavy (non-hydrogen) atoms. The summed E-state index contributed by atoms with van der Waals surface area (Å²) in [5, 5.41) is 1.13. The molecule has 1 aromatic rings. The summed E-state index contributed by atoms with van der Waals surface area (Å²) in [7, 11) is 0. The summed E-state index contributed by atoms with van der Waals surface area (Å²) in [5.41, 5.74) is 5.39. The average Bonchev–Trinajstić information content (AvgIpc) is 2.45. The maximum atomic E-state index is 6.03. The van der Waals surface area contributed by atoms with Gasteiger partial charge in [0.2, 0.25) is 0 Å². The topological polar surface area (TPSA) is 51.4 Å². The van der Waals surface area contributed by atoms with Gasteiger partial charge in [-0.25, -0.2) is 0 Å². The Balaban J connectivity index is 2.22. The van der Waals surface area contributed by atoms with Gasteiger partial charge in [-0.3, -0.25) is 0 Å². The van der Waals surface area contributed by atoms with E-state index in [2.05, 4.69) is 37.0 Å². The molecule has 1 saturated heterocycles. The van der Waals surface area contributed by atoms with Crippen LogP contribution in [0, 0.1) is 0 Å². The fraction of sp³-hybridized carbons (Fsp3) is 0.727. The number of nitrogens with two attached hydrogens (primary N) is 1. The summed E-state index contributed by atoms with van der Waals surface area (Å²) < 4.78 is 10.2. The number of hydrogen-bond donors (Lipinski definition) is 1. The molecule has 5 heteroatoms. The van der Waals surface area contributed by atoms with Crippen LogP contribution in [0.4, 0.5) is 10.8 Å². The molecule has 1 fully saturated rings. The van der Waals surface area contributed by atoms with Crippen molar-refractivity contribution in [3.05, 3.63) is 6.07 Å². The van der Waals surface area contributed by atoms with Gasteiger partial charge >= 0.3 is 0 Å². The minimum atomic E-state index is -0.138. The predicted molar refractivity (Wildman–Crippen MR) is 68.0 cm³/mol. The van der Waals surface area contributed by atoms with Crippen LogP contribution in [0.5, 0.6) is 0 Å². The normalized spacial score (nSPS) is 23.4. The van der Waals surface area contributed by atoms with Crippen LogP contribution >= 0.6 is 11.5 Å². The Labute approximate surface area is 101 Å². The highest BCUT2D eigenvalue weighted by molar-refractivity contribution is 7.10. The lowest BCUT2D eigenvalue weighted by molar-refractivity contribution is -0.132. The van der Waals surface area contributed by atoms with E-state index in [4.69, 9.17) is 10.5 Å². The first-order valence-electron chi connectivity index (χ1n) is 5.45. The maximum Gasteiger partial charge on any atom is 0.139 e. The van der Waals surface area contributed by atoms with Crippen LogP contribution in [0.25, 0.3) is 0 Å². The molecule has 0 unspecified atom stereocenters. The predicted octanol–water partition coefficient (Wildman–Crippen LogP) is 2.12. The van der Waals surface area contributed by atoms with Gasteiger partial charge in [0.15, 0.2) is 0 Å². The number of aromatic nitrogens is 1. The van der Waals surface area contributed by atoms with Gasteiger partial charge in [0.05, 0.1) is 11.2 Å². The molecule has 0 amide bonds. The van der Waals surface area contributed by atoms with Gasteiger partial charge in [-0.1, -0.05) is 0 Å². The molecule has 2 rings (SSSR count). The first-order valence-corrected chi connectivity index (χ1v) is 6.22. The fourth-order valence-corrected chi connectivity index (χ4v) is 3.04. The third kappa shape index (κ3) is 2.47. The third-order valence-corrected chi connectivity index (χ3v) is 3.39. The van der Waals surface area contributed by atoms with Crippen LogP contribution in [-0.4, -0.2) is 28.7 Å². The van der Waals surface area contributed by atoms with Crippen molar-refractivity contribution >= 4 is 22.4 Å². The van der Waals surface area contributed by atoms with Crippen LogP contribution in [0.15, 0.2) is 6.07 Å². The van der Waals surface area contributed by atoms with Gasteiger partial charge in [0.1, 0.15) is 10.8 Å². The molecule has 0 atom stereocenters. The summed E-state index contributed by atoms with van der Waals surface area (Å²) in [4.78, 5) is 2.30. The van der Waals surface area contributed by atoms with Crippen molar-refractivity contribution in [3.63, 3.8) is 0 Å². The standard InChI is InChI=1S/C11H19N3OS/c1-10(2)6-14(7-11(3,4)15-10)9-5-8(12)13-16-9/h5H,6-7H2,1-4H3,(H2,12,13). The number of nitrogens with zero attached hydrogens (tertiary/aromatic N) is 2. The highest BCUT2D eigenvalue weighted by atomic mass is 32.1. The lowest BCUT2D eigenvalue weighted by atomic mass is 9.99. The maximum absolute atomic E-state index is 6.03. The zero-order chi connectivity index (χ0) is 12.0. The van der Waals surface area contributed by atoms with Gasteiger partial charge in [0.25, 0.3) is 0 Å². The Hall–Kier alpha value is -0.810. The molecule has 0 aliphatic carbocycles. The van der Waals surface area contributed by atoms with Crippen molar-refractivity contribution in [1.82, 2.24) is 4.37 Å². The summed E-state index contributed by atoms with van der Waals surface area (Å²) in [6, 6.07) is 1.93. The molecule has 0 spiro atoms. The second kappa shape index (κ2) is 3.60. The molecule has 0 aromatic carbocycles. The van der Waals surface area contributed by atoms with Gasteiger partial charge < -0.3 is 15.4 Å². The number of rotatable bonds is 1.